The molecule has 0 bridgehead atoms. The van der Waals surface area contributed by atoms with Gasteiger partial charge in [0.1, 0.15) is 5.75 Å². The molecule has 0 saturated heterocycles. The second-order valence-electron chi connectivity index (χ2n) is 5.60. The summed E-state index contributed by atoms with van der Waals surface area (Å²) in [5.41, 5.74) is 2.90. The van der Waals surface area contributed by atoms with Gasteiger partial charge in [0.2, 0.25) is 0 Å². The van der Waals surface area contributed by atoms with Crippen molar-refractivity contribution in [1.82, 2.24) is 10.3 Å². The zero-order chi connectivity index (χ0) is 18.4. The van der Waals surface area contributed by atoms with E-state index in [1.54, 1.807) is 25.4 Å². The van der Waals surface area contributed by atoms with Crippen molar-refractivity contribution in [2.24, 2.45) is 0 Å². The van der Waals surface area contributed by atoms with Crippen molar-refractivity contribution < 1.29 is 9.53 Å². The normalized spacial score (nSPS) is 10.2. The number of pyridine rings is 1. The standard InChI is InChI=1S/C20H18ClN3O2/c1-26-17-8-6-14(7-9-17)11-23-20(25)15-10-16(13-22-12-15)24-19-5-3-2-4-18(19)21/h2-10,12-13,24H,11H2,1H3,(H,23,25). The van der Waals surface area contributed by atoms with E-state index in [1.165, 1.54) is 6.20 Å². The second-order valence-corrected chi connectivity index (χ2v) is 6.01. The first-order chi connectivity index (χ1) is 12.7. The third kappa shape index (κ3) is 4.52. The zero-order valence-corrected chi connectivity index (χ0v) is 15.0. The zero-order valence-electron chi connectivity index (χ0n) is 14.2. The fraction of sp³-hybridized carbons (Fsp3) is 0.100. The number of amides is 1. The van der Waals surface area contributed by atoms with Crippen molar-refractivity contribution in [2.75, 3.05) is 12.4 Å². The topological polar surface area (TPSA) is 63.2 Å². The van der Waals surface area contributed by atoms with Crippen LogP contribution in [-0.2, 0) is 6.54 Å². The van der Waals surface area contributed by atoms with Crippen LogP contribution in [0.4, 0.5) is 11.4 Å². The van der Waals surface area contributed by atoms with E-state index < -0.39 is 0 Å². The summed E-state index contributed by atoms with van der Waals surface area (Å²) in [6, 6.07) is 16.7. The van der Waals surface area contributed by atoms with E-state index in [-0.39, 0.29) is 5.91 Å². The fourth-order valence-electron chi connectivity index (χ4n) is 2.38. The summed E-state index contributed by atoms with van der Waals surface area (Å²) < 4.78 is 5.12. The van der Waals surface area contributed by atoms with Crippen molar-refractivity contribution in [2.45, 2.75) is 6.54 Å². The van der Waals surface area contributed by atoms with Gasteiger partial charge in [-0.25, -0.2) is 0 Å². The molecular formula is C20H18ClN3O2. The maximum Gasteiger partial charge on any atom is 0.253 e. The molecule has 0 spiro atoms. The predicted octanol–water partition coefficient (Wildman–Crippen LogP) is 4.42. The smallest absolute Gasteiger partial charge is 0.253 e. The Hall–Kier alpha value is -3.05. The van der Waals surface area contributed by atoms with Crippen molar-refractivity contribution in [1.29, 1.82) is 0 Å². The van der Waals surface area contributed by atoms with Gasteiger partial charge in [-0.3, -0.25) is 9.78 Å². The maximum atomic E-state index is 12.4. The van der Waals surface area contributed by atoms with E-state index in [4.69, 9.17) is 16.3 Å². The number of nitrogens with zero attached hydrogens (tertiary/aromatic N) is 1. The van der Waals surface area contributed by atoms with Crippen LogP contribution in [0.5, 0.6) is 5.75 Å². The number of carbonyl (C=O) groups is 1. The van der Waals surface area contributed by atoms with E-state index >= 15 is 0 Å². The third-order valence-electron chi connectivity index (χ3n) is 3.77. The highest BCUT2D eigenvalue weighted by Gasteiger charge is 2.08. The van der Waals surface area contributed by atoms with Gasteiger partial charge in [-0.05, 0) is 35.9 Å². The van der Waals surface area contributed by atoms with Crippen molar-refractivity contribution in [3.63, 3.8) is 0 Å². The van der Waals surface area contributed by atoms with E-state index in [1.807, 2.05) is 42.5 Å². The number of anilines is 2. The highest BCUT2D eigenvalue weighted by molar-refractivity contribution is 6.33. The lowest BCUT2D eigenvalue weighted by Gasteiger charge is -2.10. The average Bonchev–Trinajstić information content (AvgIpc) is 2.68. The molecule has 0 saturated carbocycles. The molecule has 3 aromatic rings. The van der Waals surface area contributed by atoms with Gasteiger partial charge in [-0.15, -0.1) is 0 Å². The molecule has 6 heteroatoms. The van der Waals surface area contributed by atoms with Crippen molar-refractivity contribution in [3.05, 3.63) is 83.1 Å². The quantitative estimate of drug-likeness (QED) is 0.677. The molecule has 0 atom stereocenters. The lowest BCUT2D eigenvalue weighted by molar-refractivity contribution is 0.0950. The molecule has 1 amide bonds. The van der Waals surface area contributed by atoms with Crippen LogP contribution in [0.1, 0.15) is 15.9 Å². The molecule has 2 aromatic carbocycles. The lowest BCUT2D eigenvalue weighted by atomic mass is 10.2. The summed E-state index contributed by atoms with van der Waals surface area (Å²) in [5.74, 6) is 0.582. The molecule has 2 N–H and O–H groups in total. The number of hydrogen-bond donors (Lipinski definition) is 2. The highest BCUT2D eigenvalue weighted by Crippen LogP contribution is 2.24. The minimum absolute atomic E-state index is 0.198. The Kier molecular flexibility index (Phi) is 5.71. The molecule has 132 valence electrons. The van der Waals surface area contributed by atoms with Crippen LogP contribution in [0.15, 0.2) is 67.0 Å². The Morgan fingerprint density at radius 1 is 1.12 bits per heavy atom. The van der Waals surface area contributed by atoms with Crippen LogP contribution >= 0.6 is 11.6 Å². The van der Waals surface area contributed by atoms with E-state index in [2.05, 4.69) is 15.6 Å². The number of para-hydroxylation sites is 1. The Morgan fingerprint density at radius 2 is 1.88 bits per heavy atom. The molecule has 0 unspecified atom stereocenters. The van der Waals surface area contributed by atoms with Crippen LogP contribution in [0.3, 0.4) is 0 Å². The number of nitrogens with one attached hydrogen (secondary N) is 2. The molecule has 5 nitrogen and oxygen atoms in total. The molecule has 1 aromatic heterocycles. The van der Waals surface area contributed by atoms with Crippen LogP contribution in [0.25, 0.3) is 0 Å². The molecule has 1 heterocycles. The van der Waals surface area contributed by atoms with Gasteiger partial charge in [0.15, 0.2) is 0 Å². The second kappa shape index (κ2) is 8.36. The predicted molar refractivity (Wildman–Crippen MR) is 103 cm³/mol. The van der Waals surface area contributed by atoms with Crippen molar-refractivity contribution >= 4 is 28.9 Å². The monoisotopic (exact) mass is 367 g/mol. The van der Waals surface area contributed by atoms with Gasteiger partial charge >= 0.3 is 0 Å². The summed E-state index contributed by atoms with van der Waals surface area (Å²) in [6.45, 7) is 0.422. The number of methoxy groups -OCH3 is 1. The van der Waals surface area contributed by atoms with Gasteiger partial charge in [0.25, 0.3) is 5.91 Å². The first kappa shape index (κ1) is 17.8. The summed E-state index contributed by atoms with van der Waals surface area (Å²) >= 11 is 6.14. The summed E-state index contributed by atoms with van der Waals surface area (Å²) in [5, 5.41) is 6.65. The number of benzene rings is 2. The molecule has 0 aliphatic heterocycles. The summed E-state index contributed by atoms with van der Waals surface area (Å²) in [7, 11) is 1.62. The highest BCUT2D eigenvalue weighted by atomic mass is 35.5. The van der Waals surface area contributed by atoms with Gasteiger partial charge in [0, 0.05) is 12.7 Å². The Morgan fingerprint density at radius 3 is 2.62 bits per heavy atom. The minimum atomic E-state index is -0.198. The number of ether oxygens (including phenoxy) is 1. The Bertz CT molecular complexity index is 898. The summed E-state index contributed by atoms with van der Waals surface area (Å²) in [6.07, 6.45) is 3.17. The number of aromatic nitrogens is 1. The number of halogens is 1. The van der Waals surface area contributed by atoms with Gasteiger partial charge in [-0.1, -0.05) is 35.9 Å². The van der Waals surface area contributed by atoms with E-state index in [0.29, 0.717) is 22.8 Å². The van der Waals surface area contributed by atoms with Crippen LogP contribution < -0.4 is 15.4 Å². The summed E-state index contributed by atoms with van der Waals surface area (Å²) in [4.78, 5) is 16.5. The average molecular weight is 368 g/mol. The van der Waals surface area contributed by atoms with Crippen molar-refractivity contribution in [3.8, 4) is 5.75 Å². The molecular weight excluding hydrogens is 350 g/mol. The number of carbonyl (C=O) groups excluding carboxylic acids is 1. The Balaban J connectivity index is 1.65. The third-order valence-corrected chi connectivity index (χ3v) is 4.10. The lowest BCUT2D eigenvalue weighted by Crippen LogP contribution is -2.23. The number of hydrogen-bond acceptors (Lipinski definition) is 4. The minimum Gasteiger partial charge on any atom is -0.497 e. The molecule has 26 heavy (non-hydrogen) atoms. The van der Waals surface area contributed by atoms with Crippen LogP contribution in [0.2, 0.25) is 5.02 Å². The fourth-order valence-corrected chi connectivity index (χ4v) is 2.56. The van der Waals surface area contributed by atoms with Gasteiger partial charge in [-0.2, -0.15) is 0 Å². The van der Waals surface area contributed by atoms with Gasteiger partial charge in [0.05, 0.1) is 35.3 Å². The molecule has 0 fully saturated rings. The van der Waals surface area contributed by atoms with Crippen LogP contribution in [0, 0.1) is 0 Å². The molecule has 3 rings (SSSR count). The largest absolute Gasteiger partial charge is 0.497 e. The van der Waals surface area contributed by atoms with Gasteiger partial charge < -0.3 is 15.4 Å². The SMILES string of the molecule is COc1ccc(CNC(=O)c2cncc(Nc3ccccc3Cl)c2)cc1. The maximum absolute atomic E-state index is 12.4. The molecule has 0 aliphatic carbocycles. The molecule has 0 radical (unpaired) electrons. The molecule has 0 aliphatic rings. The van der Waals surface area contributed by atoms with E-state index in [0.717, 1.165) is 17.0 Å². The number of rotatable bonds is 6. The first-order valence-corrected chi connectivity index (χ1v) is 8.41. The van der Waals surface area contributed by atoms with E-state index in [9.17, 15) is 4.79 Å². The Labute approximate surface area is 157 Å². The first-order valence-electron chi connectivity index (χ1n) is 8.03. The van der Waals surface area contributed by atoms with Crippen LogP contribution in [-0.4, -0.2) is 18.0 Å².